The number of halogens is 2. The summed E-state index contributed by atoms with van der Waals surface area (Å²) < 4.78 is 30.5. The highest BCUT2D eigenvalue weighted by Crippen LogP contribution is 2.38. The SMILES string of the molecule is CC(F)(F)CC1(C=O)CCOCC1. The van der Waals surface area contributed by atoms with Crippen molar-refractivity contribution >= 4 is 6.29 Å². The summed E-state index contributed by atoms with van der Waals surface area (Å²) in [7, 11) is 0. The van der Waals surface area contributed by atoms with Crippen LogP contribution in [0.1, 0.15) is 26.2 Å². The van der Waals surface area contributed by atoms with Crippen molar-refractivity contribution in [1.82, 2.24) is 0 Å². The highest BCUT2D eigenvalue weighted by Gasteiger charge is 2.40. The van der Waals surface area contributed by atoms with Gasteiger partial charge >= 0.3 is 0 Å². The molecule has 1 heterocycles. The van der Waals surface area contributed by atoms with Gasteiger partial charge in [-0.3, -0.25) is 0 Å². The lowest BCUT2D eigenvalue weighted by Crippen LogP contribution is -2.36. The van der Waals surface area contributed by atoms with E-state index in [2.05, 4.69) is 0 Å². The lowest BCUT2D eigenvalue weighted by Gasteiger charge is -2.33. The fourth-order valence-electron chi connectivity index (χ4n) is 1.73. The van der Waals surface area contributed by atoms with E-state index in [-0.39, 0.29) is 6.42 Å². The molecule has 1 aliphatic rings. The van der Waals surface area contributed by atoms with Gasteiger partial charge in [0.25, 0.3) is 0 Å². The van der Waals surface area contributed by atoms with Crippen molar-refractivity contribution in [2.24, 2.45) is 5.41 Å². The van der Waals surface area contributed by atoms with E-state index >= 15 is 0 Å². The summed E-state index contributed by atoms with van der Waals surface area (Å²) in [6.45, 7) is 1.68. The quantitative estimate of drug-likeness (QED) is 0.639. The van der Waals surface area contributed by atoms with Crippen LogP contribution in [0.3, 0.4) is 0 Å². The smallest absolute Gasteiger partial charge is 0.246 e. The summed E-state index contributed by atoms with van der Waals surface area (Å²) >= 11 is 0. The molecule has 2 nitrogen and oxygen atoms in total. The number of ether oxygens (including phenoxy) is 1. The molecule has 0 aliphatic carbocycles. The predicted octanol–water partition coefficient (Wildman–Crippen LogP) is 2.03. The molecule has 4 heteroatoms. The molecule has 0 bridgehead atoms. The number of carbonyl (C=O) groups is 1. The van der Waals surface area contributed by atoms with Crippen molar-refractivity contribution in [3.63, 3.8) is 0 Å². The highest BCUT2D eigenvalue weighted by molar-refractivity contribution is 5.59. The molecule has 0 amide bonds. The summed E-state index contributed by atoms with van der Waals surface area (Å²) in [5.41, 5.74) is -0.851. The first-order valence-corrected chi connectivity index (χ1v) is 4.39. The molecule has 0 atom stereocenters. The summed E-state index contributed by atoms with van der Waals surface area (Å²) in [4.78, 5) is 10.8. The first kappa shape index (κ1) is 10.6. The molecule has 76 valence electrons. The third-order valence-electron chi connectivity index (χ3n) is 2.40. The largest absolute Gasteiger partial charge is 0.381 e. The lowest BCUT2D eigenvalue weighted by atomic mass is 9.77. The zero-order valence-electron chi connectivity index (χ0n) is 7.69. The minimum absolute atomic E-state index is 0.354. The number of alkyl halides is 2. The molecule has 0 aromatic rings. The van der Waals surface area contributed by atoms with E-state index in [1.54, 1.807) is 0 Å². The Labute approximate surface area is 76.3 Å². The van der Waals surface area contributed by atoms with E-state index in [4.69, 9.17) is 4.74 Å². The minimum atomic E-state index is -2.77. The monoisotopic (exact) mass is 192 g/mol. The van der Waals surface area contributed by atoms with E-state index in [1.807, 2.05) is 0 Å². The lowest BCUT2D eigenvalue weighted by molar-refractivity contribution is -0.129. The Hall–Kier alpha value is -0.510. The van der Waals surface area contributed by atoms with Gasteiger partial charge in [0.2, 0.25) is 5.92 Å². The molecule has 1 aliphatic heterocycles. The van der Waals surface area contributed by atoms with Gasteiger partial charge in [-0.15, -0.1) is 0 Å². The minimum Gasteiger partial charge on any atom is -0.381 e. The molecular formula is C9H14F2O2. The molecule has 0 aromatic heterocycles. The highest BCUT2D eigenvalue weighted by atomic mass is 19.3. The average Bonchev–Trinajstić information content (AvgIpc) is 2.03. The third-order valence-corrected chi connectivity index (χ3v) is 2.40. The number of carbonyl (C=O) groups excluding carboxylic acids is 1. The topological polar surface area (TPSA) is 26.3 Å². The van der Waals surface area contributed by atoms with Crippen molar-refractivity contribution in [3.8, 4) is 0 Å². The second-order valence-corrected chi connectivity index (χ2v) is 3.84. The molecule has 0 N–H and O–H groups in total. The Morgan fingerprint density at radius 1 is 1.46 bits per heavy atom. The molecule has 1 rings (SSSR count). The fourth-order valence-corrected chi connectivity index (χ4v) is 1.73. The van der Waals surface area contributed by atoms with Crippen molar-refractivity contribution < 1.29 is 18.3 Å². The van der Waals surface area contributed by atoms with Gasteiger partial charge in [0.15, 0.2) is 0 Å². The van der Waals surface area contributed by atoms with Crippen LogP contribution >= 0.6 is 0 Å². The van der Waals surface area contributed by atoms with Crippen LogP contribution in [-0.4, -0.2) is 25.4 Å². The Balaban J connectivity index is 2.63. The maximum Gasteiger partial charge on any atom is 0.246 e. The number of hydrogen-bond donors (Lipinski definition) is 0. The summed E-state index contributed by atoms with van der Waals surface area (Å²) in [6.07, 6.45) is 1.15. The summed E-state index contributed by atoms with van der Waals surface area (Å²) in [5, 5.41) is 0. The van der Waals surface area contributed by atoms with Crippen molar-refractivity contribution in [1.29, 1.82) is 0 Å². The third kappa shape index (κ3) is 3.03. The van der Waals surface area contributed by atoms with Crippen LogP contribution in [0.4, 0.5) is 8.78 Å². The van der Waals surface area contributed by atoms with Crippen LogP contribution < -0.4 is 0 Å². The summed E-state index contributed by atoms with van der Waals surface area (Å²) in [5.74, 6) is -2.77. The van der Waals surface area contributed by atoms with Crippen molar-refractivity contribution in [2.75, 3.05) is 13.2 Å². The number of hydrogen-bond acceptors (Lipinski definition) is 2. The first-order valence-electron chi connectivity index (χ1n) is 4.39. The molecule has 0 saturated carbocycles. The Bertz CT molecular complexity index is 181. The second kappa shape index (κ2) is 3.70. The summed E-state index contributed by atoms with van der Waals surface area (Å²) in [6, 6.07) is 0. The van der Waals surface area contributed by atoms with Gasteiger partial charge in [-0.05, 0) is 19.8 Å². The van der Waals surface area contributed by atoms with Gasteiger partial charge in [0, 0.05) is 25.0 Å². The molecular weight excluding hydrogens is 178 g/mol. The van der Waals surface area contributed by atoms with Crippen LogP contribution in [0.25, 0.3) is 0 Å². The fraction of sp³-hybridized carbons (Fsp3) is 0.889. The molecule has 0 radical (unpaired) electrons. The molecule has 13 heavy (non-hydrogen) atoms. The van der Waals surface area contributed by atoms with Crippen LogP contribution in [0, 0.1) is 5.41 Å². The molecule has 0 aromatic carbocycles. The van der Waals surface area contributed by atoms with E-state index < -0.39 is 11.3 Å². The van der Waals surface area contributed by atoms with Gasteiger partial charge in [-0.1, -0.05) is 0 Å². The normalized spacial score (nSPS) is 22.7. The van der Waals surface area contributed by atoms with Crippen LogP contribution in [0.2, 0.25) is 0 Å². The van der Waals surface area contributed by atoms with E-state index in [1.165, 1.54) is 0 Å². The van der Waals surface area contributed by atoms with Crippen LogP contribution in [-0.2, 0) is 9.53 Å². The zero-order valence-corrected chi connectivity index (χ0v) is 7.69. The maximum absolute atomic E-state index is 12.7. The standard InChI is InChI=1S/C9H14F2O2/c1-8(10,11)6-9(7-12)2-4-13-5-3-9/h7H,2-6H2,1H3. The van der Waals surface area contributed by atoms with Gasteiger partial charge in [0.1, 0.15) is 6.29 Å². The maximum atomic E-state index is 12.7. The molecule has 1 saturated heterocycles. The first-order chi connectivity index (χ1) is 5.97. The number of aldehydes is 1. The Kier molecular flexibility index (Phi) is 3.01. The Morgan fingerprint density at radius 3 is 2.38 bits per heavy atom. The van der Waals surface area contributed by atoms with Crippen LogP contribution in [0.15, 0.2) is 0 Å². The van der Waals surface area contributed by atoms with E-state index in [9.17, 15) is 13.6 Å². The van der Waals surface area contributed by atoms with E-state index in [0.29, 0.717) is 32.3 Å². The van der Waals surface area contributed by atoms with Gasteiger partial charge in [-0.25, -0.2) is 8.78 Å². The molecule has 1 fully saturated rings. The zero-order chi connectivity index (χ0) is 9.95. The Morgan fingerprint density at radius 2 is 2.00 bits per heavy atom. The number of rotatable bonds is 3. The molecule has 0 spiro atoms. The second-order valence-electron chi connectivity index (χ2n) is 3.84. The van der Waals surface area contributed by atoms with Crippen molar-refractivity contribution in [3.05, 3.63) is 0 Å². The van der Waals surface area contributed by atoms with Gasteiger partial charge in [0.05, 0.1) is 0 Å². The van der Waals surface area contributed by atoms with E-state index in [0.717, 1.165) is 6.92 Å². The van der Waals surface area contributed by atoms with Crippen LogP contribution in [0.5, 0.6) is 0 Å². The molecule has 0 unspecified atom stereocenters. The van der Waals surface area contributed by atoms with Gasteiger partial charge in [-0.2, -0.15) is 0 Å². The van der Waals surface area contributed by atoms with Crippen molar-refractivity contribution in [2.45, 2.75) is 32.1 Å². The van der Waals surface area contributed by atoms with Gasteiger partial charge < -0.3 is 9.53 Å². The predicted molar refractivity (Wildman–Crippen MR) is 43.8 cm³/mol. The average molecular weight is 192 g/mol.